The van der Waals surface area contributed by atoms with Gasteiger partial charge in [0.25, 0.3) is 10.0 Å². The Morgan fingerprint density at radius 1 is 1.20 bits per heavy atom. The second-order valence-corrected chi connectivity index (χ2v) is 10.7. The molecule has 1 aromatic heterocycles. The fourth-order valence-corrected chi connectivity index (χ4v) is 5.03. The summed E-state index contributed by atoms with van der Waals surface area (Å²) in [7, 11) is -3.83. The van der Waals surface area contributed by atoms with Crippen molar-refractivity contribution in [1.82, 2.24) is 9.71 Å². The summed E-state index contributed by atoms with van der Waals surface area (Å²) >= 11 is 1.10. The van der Waals surface area contributed by atoms with Gasteiger partial charge in [-0.25, -0.2) is 18.1 Å². The summed E-state index contributed by atoms with van der Waals surface area (Å²) < 4.78 is 33.7. The number of nitrogens with one attached hydrogen (secondary N) is 2. The number of aliphatic carboxylic acids is 1. The smallest absolute Gasteiger partial charge is 0.309 e. The Bertz CT molecular complexity index is 854. The summed E-state index contributed by atoms with van der Waals surface area (Å²) in [6.07, 6.45) is 1.94. The highest BCUT2D eigenvalue weighted by molar-refractivity contribution is 7.89. The highest BCUT2D eigenvalue weighted by atomic mass is 32.2. The number of rotatable bonds is 13. The molecule has 0 spiro atoms. The summed E-state index contributed by atoms with van der Waals surface area (Å²) in [5.41, 5.74) is -1.43. The standard InChI is InChI=1S/C19H33N3O6S2/c1-7-18(5,16(24)25)10-12-28-19(6,8-2)9-11-20-30(26,27)15-13(3)29-17(22-15)21-14(4)23/h20H,7-12H2,1-6H3,(H,24,25)(H,21,22,23). The van der Waals surface area contributed by atoms with Gasteiger partial charge >= 0.3 is 5.97 Å². The number of aromatic nitrogens is 1. The Kier molecular flexibility index (Phi) is 9.40. The molecule has 1 heterocycles. The Hall–Kier alpha value is -1.56. The molecule has 11 heteroatoms. The molecule has 2 unspecified atom stereocenters. The van der Waals surface area contributed by atoms with Crippen LogP contribution in [0.2, 0.25) is 0 Å². The molecule has 0 aliphatic rings. The van der Waals surface area contributed by atoms with E-state index in [1.54, 1.807) is 13.8 Å². The number of carboxylic acid groups (broad SMARTS) is 1. The number of carbonyl (C=O) groups excluding carboxylic acids is 1. The maximum atomic E-state index is 12.6. The van der Waals surface area contributed by atoms with Crippen molar-refractivity contribution in [2.45, 2.75) is 77.9 Å². The van der Waals surface area contributed by atoms with Crippen molar-refractivity contribution in [1.29, 1.82) is 0 Å². The molecule has 2 atom stereocenters. The van der Waals surface area contributed by atoms with Gasteiger partial charge in [0.15, 0.2) is 10.2 Å². The topological polar surface area (TPSA) is 135 Å². The van der Waals surface area contributed by atoms with Gasteiger partial charge in [-0.3, -0.25) is 9.59 Å². The average Bonchev–Trinajstić information content (AvgIpc) is 3.01. The highest BCUT2D eigenvalue weighted by Gasteiger charge is 2.32. The van der Waals surface area contributed by atoms with Crippen molar-refractivity contribution < 1.29 is 27.9 Å². The van der Waals surface area contributed by atoms with Gasteiger partial charge in [0.1, 0.15) is 0 Å². The molecule has 0 saturated heterocycles. The van der Waals surface area contributed by atoms with Crippen molar-refractivity contribution in [3.8, 4) is 0 Å². The van der Waals surface area contributed by atoms with Crippen LogP contribution >= 0.6 is 11.3 Å². The molecule has 9 nitrogen and oxygen atoms in total. The first-order valence-electron chi connectivity index (χ1n) is 9.90. The van der Waals surface area contributed by atoms with Crippen LogP contribution in [0.3, 0.4) is 0 Å². The maximum absolute atomic E-state index is 12.6. The van der Waals surface area contributed by atoms with Crippen LogP contribution in [-0.4, -0.2) is 49.1 Å². The Balaban J connectivity index is 2.69. The molecule has 0 bridgehead atoms. The van der Waals surface area contributed by atoms with Crippen LogP contribution in [-0.2, 0) is 24.3 Å². The number of thiazole rings is 1. The lowest BCUT2D eigenvalue weighted by atomic mass is 9.84. The van der Waals surface area contributed by atoms with E-state index in [0.717, 1.165) is 11.3 Å². The van der Waals surface area contributed by atoms with Gasteiger partial charge in [-0.2, -0.15) is 0 Å². The maximum Gasteiger partial charge on any atom is 0.309 e. The molecule has 1 amide bonds. The number of hydrogen-bond acceptors (Lipinski definition) is 7. The Morgan fingerprint density at radius 3 is 2.33 bits per heavy atom. The number of anilines is 1. The van der Waals surface area contributed by atoms with Gasteiger partial charge in [0, 0.05) is 25.0 Å². The second kappa shape index (κ2) is 10.7. The quantitative estimate of drug-likeness (QED) is 0.409. The van der Waals surface area contributed by atoms with E-state index in [-0.39, 0.29) is 29.2 Å². The van der Waals surface area contributed by atoms with Crippen LogP contribution in [0.5, 0.6) is 0 Å². The van der Waals surface area contributed by atoms with E-state index in [2.05, 4.69) is 15.0 Å². The van der Waals surface area contributed by atoms with Gasteiger partial charge in [0.2, 0.25) is 5.91 Å². The molecule has 0 saturated carbocycles. The largest absolute Gasteiger partial charge is 0.481 e. The number of carboxylic acids is 1. The number of aryl methyl sites for hydroxylation is 1. The molecular formula is C19H33N3O6S2. The molecule has 0 radical (unpaired) electrons. The normalized spacial score (nSPS) is 15.9. The third kappa shape index (κ3) is 7.29. The molecule has 30 heavy (non-hydrogen) atoms. The molecule has 0 aromatic carbocycles. The molecule has 1 aromatic rings. The zero-order valence-electron chi connectivity index (χ0n) is 18.5. The Labute approximate surface area is 182 Å². The predicted molar refractivity (Wildman–Crippen MR) is 116 cm³/mol. The van der Waals surface area contributed by atoms with Crippen molar-refractivity contribution >= 4 is 38.4 Å². The zero-order valence-corrected chi connectivity index (χ0v) is 20.1. The third-order valence-corrected chi connectivity index (χ3v) is 7.89. The van der Waals surface area contributed by atoms with Gasteiger partial charge in [-0.1, -0.05) is 13.8 Å². The fourth-order valence-electron chi connectivity index (χ4n) is 2.66. The van der Waals surface area contributed by atoms with Gasteiger partial charge < -0.3 is 15.2 Å². The van der Waals surface area contributed by atoms with E-state index in [4.69, 9.17) is 4.74 Å². The predicted octanol–water partition coefficient (Wildman–Crippen LogP) is 3.15. The molecular weight excluding hydrogens is 430 g/mol. The van der Waals surface area contributed by atoms with E-state index in [1.165, 1.54) is 6.92 Å². The summed E-state index contributed by atoms with van der Waals surface area (Å²) in [6.45, 7) is 10.7. The van der Waals surface area contributed by atoms with E-state index in [0.29, 0.717) is 30.6 Å². The first-order valence-corrected chi connectivity index (χ1v) is 12.2. The van der Waals surface area contributed by atoms with Crippen LogP contribution < -0.4 is 10.0 Å². The summed E-state index contributed by atoms with van der Waals surface area (Å²) in [4.78, 5) is 27.1. The monoisotopic (exact) mass is 463 g/mol. The first kappa shape index (κ1) is 26.5. The minimum atomic E-state index is -3.83. The minimum absolute atomic E-state index is 0.101. The van der Waals surface area contributed by atoms with Gasteiger partial charge in [-0.05, 0) is 46.5 Å². The first-order chi connectivity index (χ1) is 13.8. The number of ether oxygens (including phenoxy) is 1. The van der Waals surface area contributed by atoms with E-state index >= 15 is 0 Å². The third-order valence-electron chi connectivity index (χ3n) is 5.39. The molecule has 172 valence electrons. The molecule has 1 rings (SSSR count). The lowest BCUT2D eigenvalue weighted by Crippen LogP contribution is -2.36. The zero-order chi connectivity index (χ0) is 23.2. The molecule has 3 N–H and O–H groups in total. The SMILES string of the molecule is CCC(C)(CCNS(=O)(=O)c1nc(NC(C)=O)sc1C)OCCC(C)(CC)C(=O)O. The molecule has 0 aliphatic heterocycles. The van der Waals surface area contributed by atoms with Crippen LogP contribution in [0.25, 0.3) is 0 Å². The lowest BCUT2D eigenvalue weighted by molar-refractivity contribution is -0.150. The Morgan fingerprint density at radius 2 is 1.83 bits per heavy atom. The number of hydrogen-bond donors (Lipinski definition) is 3. The number of amides is 1. The minimum Gasteiger partial charge on any atom is -0.481 e. The number of carbonyl (C=O) groups is 2. The second-order valence-electron chi connectivity index (χ2n) is 7.83. The highest BCUT2D eigenvalue weighted by Crippen LogP contribution is 2.29. The van der Waals surface area contributed by atoms with E-state index in [9.17, 15) is 23.1 Å². The molecule has 0 fully saturated rings. The van der Waals surface area contributed by atoms with E-state index in [1.807, 2.05) is 20.8 Å². The summed E-state index contributed by atoms with van der Waals surface area (Å²) in [6, 6.07) is 0. The van der Waals surface area contributed by atoms with Crippen LogP contribution in [0.4, 0.5) is 5.13 Å². The fraction of sp³-hybridized carbons (Fsp3) is 0.737. The van der Waals surface area contributed by atoms with Crippen molar-refractivity contribution in [3.63, 3.8) is 0 Å². The van der Waals surface area contributed by atoms with Gasteiger partial charge in [-0.15, -0.1) is 11.3 Å². The van der Waals surface area contributed by atoms with Crippen LogP contribution in [0, 0.1) is 12.3 Å². The van der Waals surface area contributed by atoms with Crippen molar-refractivity contribution in [2.75, 3.05) is 18.5 Å². The average molecular weight is 464 g/mol. The summed E-state index contributed by atoms with van der Waals surface area (Å²) in [5, 5.41) is 12.0. The number of sulfonamides is 1. The lowest BCUT2D eigenvalue weighted by Gasteiger charge is -2.31. The van der Waals surface area contributed by atoms with Crippen molar-refractivity contribution in [3.05, 3.63) is 4.88 Å². The van der Waals surface area contributed by atoms with Crippen LogP contribution in [0.1, 0.15) is 65.2 Å². The van der Waals surface area contributed by atoms with Crippen LogP contribution in [0.15, 0.2) is 5.03 Å². The number of nitrogens with zero attached hydrogens (tertiary/aromatic N) is 1. The van der Waals surface area contributed by atoms with E-state index < -0.39 is 27.0 Å². The van der Waals surface area contributed by atoms with Crippen molar-refractivity contribution in [2.24, 2.45) is 5.41 Å². The molecule has 0 aliphatic carbocycles. The van der Waals surface area contributed by atoms with Gasteiger partial charge in [0.05, 0.1) is 11.0 Å². The summed E-state index contributed by atoms with van der Waals surface area (Å²) in [5.74, 6) is -1.17.